The summed E-state index contributed by atoms with van der Waals surface area (Å²) in [7, 11) is 0. The number of nitrogens with zero attached hydrogens (tertiary/aromatic N) is 2. The number of aliphatic carboxylic acids is 1. The normalized spacial score (nSPS) is 14.6. The molecule has 0 saturated heterocycles. The van der Waals surface area contributed by atoms with E-state index in [1.807, 2.05) is 18.2 Å². The largest absolute Gasteiger partial charge is 0.480 e. The fourth-order valence-corrected chi connectivity index (χ4v) is 7.48. The van der Waals surface area contributed by atoms with Crippen LogP contribution in [0.1, 0.15) is 69.7 Å². The van der Waals surface area contributed by atoms with Crippen molar-refractivity contribution in [1.29, 1.82) is 0 Å². The number of para-hydroxylation sites is 1. The number of nitrogens with one attached hydrogen (secondary N) is 8. The second-order valence-electron chi connectivity index (χ2n) is 17.6. The number of carbonyl (C=O) groups is 8. The van der Waals surface area contributed by atoms with Gasteiger partial charge in [0.05, 0.1) is 12.4 Å². The van der Waals surface area contributed by atoms with E-state index in [4.69, 9.17) is 22.9 Å². The number of hydrogen-bond donors (Lipinski definition) is 14. The molecule has 384 valence electrons. The van der Waals surface area contributed by atoms with E-state index in [2.05, 4.69) is 51.8 Å². The van der Waals surface area contributed by atoms with Crippen LogP contribution in [0.5, 0.6) is 0 Å². The number of aromatic amines is 2. The summed E-state index contributed by atoms with van der Waals surface area (Å²) in [5, 5.41) is 36.5. The topological polar surface area (TPSA) is 410 Å². The van der Waals surface area contributed by atoms with Crippen LogP contribution < -0.4 is 54.8 Å². The number of aliphatic hydroxyl groups is 1. The number of guanidine groups is 1. The highest BCUT2D eigenvalue weighted by atomic mass is 16.4. The van der Waals surface area contributed by atoms with E-state index in [1.54, 1.807) is 56.4 Å². The van der Waals surface area contributed by atoms with E-state index in [9.17, 15) is 48.6 Å². The molecule has 0 saturated carbocycles. The van der Waals surface area contributed by atoms with Gasteiger partial charge in [-0.25, -0.2) is 9.78 Å². The summed E-state index contributed by atoms with van der Waals surface area (Å²) < 4.78 is 0. The highest BCUT2D eigenvalue weighted by Gasteiger charge is 2.35. The third-order valence-corrected chi connectivity index (χ3v) is 11.3. The third kappa shape index (κ3) is 18.2. The number of benzene rings is 2. The van der Waals surface area contributed by atoms with Gasteiger partial charge in [-0.3, -0.25) is 38.6 Å². The molecule has 0 bridgehead atoms. The molecule has 0 aliphatic carbocycles. The summed E-state index contributed by atoms with van der Waals surface area (Å²) in [6, 6.07) is 6.20. The molecule has 2 heterocycles. The molecule has 0 spiro atoms. The van der Waals surface area contributed by atoms with Gasteiger partial charge in [0.2, 0.25) is 41.4 Å². The van der Waals surface area contributed by atoms with E-state index < -0.39 is 102 Å². The first kappa shape index (κ1) is 55.7. The zero-order valence-corrected chi connectivity index (χ0v) is 39.9. The van der Waals surface area contributed by atoms with Crippen molar-refractivity contribution >= 4 is 64.2 Å². The highest BCUT2D eigenvalue weighted by molar-refractivity contribution is 5.97. The molecule has 0 unspecified atom stereocenters. The van der Waals surface area contributed by atoms with Crippen LogP contribution in [0.25, 0.3) is 10.9 Å². The molecule has 4 aromatic rings. The van der Waals surface area contributed by atoms with E-state index in [0.29, 0.717) is 16.8 Å². The number of aromatic nitrogens is 3. The first-order valence-corrected chi connectivity index (χ1v) is 23.1. The monoisotopic (exact) mass is 987 g/mol. The molecule has 4 rings (SSSR count). The third-order valence-electron chi connectivity index (χ3n) is 11.3. The molecule has 0 aliphatic rings. The van der Waals surface area contributed by atoms with Crippen molar-refractivity contribution in [1.82, 2.24) is 46.9 Å². The number of aliphatic imine (C=N–C) groups is 1. The summed E-state index contributed by atoms with van der Waals surface area (Å²) >= 11 is 0. The number of carboxylic acid groups (broad SMARTS) is 1. The summed E-state index contributed by atoms with van der Waals surface area (Å²) in [6.45, 7) is 4.90. The van der Waals surface area contributed by atoms with Crippen molar-refractivity contribution in [2.45, 2.75) is 121 Å². The molecule has 71 heavy (non-hydrogen) atoms. The van der Waals surface area contributed by atoms with Gasteiger partial charge in [-0.15, -0.1) is 0 Å². The number of hydrogen-bond acceptors (Lipinski definition) is 12. The average Bonchev–Trinajstić information content (AvgIpc) is 4.00. The average molecular weight is 987 g/mol. The number of H-pyrrole nitrogens is 2. The lowest BCUT2D eigenvalue weighted by Crippen LogP contribution is -2.60. The van der Waals surface area contributed by atoms with Crippen LogP contribution in [0.4, 0.5) is 0 Å². The second kappa shape index (κ2) is 27.4. The van der Waals surface area contributed by atoms with E-state index >= 15 is 0 Å². The molecular weight excluding hydrogens is 921 g/mol. The minimum absolute atomic E-state index is 0.0234. The maximum Gasteiger partial charge on any atom is 0.326 e. The Hall–Kier alpha value is -7.86. The number of rotatable bonds is 29. The van der Waals surface area contributed by atoms with Crippen molar-refractivity contribution in [2.75, 3.05) is 6.54 Å². The van der Waals surface area contributed by atoms with Crippen molar-refractivity contribution in [2.24, 2.45) is 33.8 Å². The molecule has 18 N–H and O–H groups in total. The number of nitrogens with two attached hydrogens (primary N) is 4. The minimum atomic E-state index is -1.52. The summed E-state index contributed by atoms with van der Waals surface area (Å²) in [4.78, 5) is 122. The molecule has 24 heteroatoms. The predicted octanol–water partition coefficient (Wildman–Crippen LogP) is -2.01. The number of fused-ring (bicyclic) bond motifs is 1. The quantitative estimate of drug-likeness (QED) is 0.0159. The van der Waals surface area contributed by atoms with Gasteiger partial charge in [0.25, 0.3) is 0 Å². The van der Waals surface area contributed by atoms with Gasteiger partial charge in [-0.1, -0.05) is 62.4 Å². The van der Waals surface area contributed by atoms with Crippen LogP contribution in [0, 0.1) is 5.92 Å². The van der Waals surface area contributed by atoms with Gasteiger partial charge < -0.3 is 75.0 Å². The molecule has 0 aliphatic heterocycles. The van der Waals surface area contributed by atoms with Crippen LogP contribution in [0.3, 0.4) is 0 Å². The Labute approximate surface area is 409 Å². The molecule has 2 aromatic heterocycles. The molecule has 7 amide bonds. The van der Waals surface area contributed by atoms with E-state index in [0.717, 1.165) is 10.9 Å². The zero-order valence-electron chi connectivity index (χ0n) is 39.9. The number of carboxylic acids is 1. The standard InChI is InChI=1S/C47H66N14O10/c1-25(2)18-34(42(66)59-35(20-28-22-54-31-13-8-7-12-30(28)31)43(67)61-37(46(70)71)19-27-10-5-4-6-11-27)58-40(64)32(14-9-17-53-47(50)51)56-41(65)33(15-16-38(48)63)57-44(68)36(21-29-23-52-24-55-29)60-45(69)39(49)26(3)62/h4-8,10-13,22-26,32-37,39,54,62H,9,14-21,49H2,1-3H3,(H2,48,63)(H,52,55)(H,56,65)(H,57,68)(H,58,64)(H,59,66)(H,60,69)(H,61,67)(H,70,71)(H4,50,51,53)/t26-,32+,33+,34+,35+,36+,37+,39+/m1/s1. The van der Waals surface area contributed by atoms with Gasteiger partial charge >= 0.3 is 5.97 Å². The van der Waals surface area contributed by atoms with Gasteiger partial charge in [-0.05, 0) is 55.7 Å². The van der Waals surface area contributed by atoms with E-state index in [-0.39, 0.29) is 63.4 Å². The van der Waals surface area contributed by atoms with Crippen molar-refractivity contribution in [3.8, 4) is 0 Å². The Morgan fingerprint density at radius 2 is 1.21 bits per heavy atom. The van der Waals surface area contributed by atoms with Gasteiger partial charge in [-0.2, -0.15) is 0 Å². The first-order chi connectivity index (χ1) is 33.7. The first-order valence-electron chi connectivity index (χ1n) is 23.1. The van der Waals surface area contributed by atoms with Crippen LogP contribution in [-0.4, -0.2) is 133 Å². The van der Waals surface area contributed by atoms with Crippen LogP contribution in [-0.2, 0) is 57.6 Å². The maximum absolute atomic E-state index is 14.4. The van der Waals surface area contributed by atoms with Crippen molar-refractivity contribution < 1.29 is 48.6 Å². The lowest BCUT2D eigenvalue weighted by molar-refractivity contribution is -0.142. The molecule has 2 aromatic carbocycles. The lowest BCUT2D eigenvalue weighted by Gasteiger charge is -2.28. The number of aliphatic hydroxyl groups excluding tert-OH is 1. The fraction of sp³-hybridized carbons (Fsp3) is 0.447. The maximum atomic E-state index is 14.4. The zero-order chi connectivity index (χ0) is 52.2. The molecule has 0 radical (unpaired) electrons. The van der Waals surface area contributed by atoms with Crippen LogP contribution in [0.2, 0.25) is 0 Å². The number of amides is 7. The SMILES string of the molecule is CC(C)C[C@H](NC(=O)[C@H](CCCN=C(N)N)NC(=O)[C@H](CCC(N)=O)NC(=O)[C@H](Cc1cnc[nH]1)NC(=O)[C@@H](N)[C@@H](C)O)C(=O)N[C@@H](Cc1c[nH]c2ccccc12)C(=O)N[C@@H](Cc1ccccc1)C(=O)O. The Bertz CT molecular complexity index is 2460. The lowest BCUT2D eigenvalue weighted by atomic mass is 9.99. The number of primary amides is 1. The summed E-state index contributed by atoms with van der Waals surface area (Å²) in [6.07, 6.45) is 2.16. The summed E-state index contributed by atoms with van der Waals surface area (Å²) in [5.74, 6) is -7.74. The second-order valence-corrected chi connectivity index (χ2v) is 17.6. The van der Waals surface area contributed by atoms with Crippen LogP contribution >= 0.6 is 0 Å². The van der Waals surface area contributed by atoms with Crippen molar-refractivity contribution in [3.63, 3.8) is 0 Å². The summed E-state index contributed by atoms with van der Waals surface area (Å²) in [5.41, 5.74) is 24.7. The molecule has 24 nitrogen and oxygen atoms in total. The number of imidazole rings is 1. The Morgan fingerprint density at radius 1 is 0.662 bits per heavy atom. The fourth-order valence-electron chi connectivity index (χ4n) is 7.48. The molecule has 8 atom stereocenters. The van der Waals surface area contributed by atoms with Crippen LogP contribution in [0.15, 0.2) is 78.3 Å². The molecular formula is C47H66N14O10. The van der Waals surface area contributed by atoms with Gasteiger partial charge in [0.15, 0.2) is 5.96 Å². The van der Waals surface area contributed by atoms with E-state index in [1.165, 1.54) is 19.4 Å². The highest BCUT2D eigenvalue weighted by Crippen LogP contribution is 2.20. The van der Waals surface area contributed by atoms with Gasteiger partial charge in [0, 0.05) is 61.2 Å². The Kier molecular flexibility index (Phi) is 21.5. The van der Waals surface area contributed by atoms with Gasteiger partial charge in [0.1, 0.15) is 42.3 Å². The Balaban J connectivity index is 1.62. The smallest absolute Gasteiger partial charge is 0.326 e. The minimum Gasteiger partial charge on any atom is -0.480 e. The Morgan fingerprint density at radius 3 is 1.80 bits per heavy atom. The predicted molar refractivity (Wildman–Crippen MR) is 261 cm³/mol. The number of carbonyl (C=O) groups excluding carboxylic acids is 7. The molecule has 0 fully saturated rings. The van der Waals surface area contributed by atoms with Crippen molar-refractivity contribution in [3.05, 3.63) is 90.1 Å².